The molecule has 0 saturated carbocycles. The molecule has 14 heavy (non-hydrogen) atoms. The van der Waals surface area contributed by atoms with E-state index in [0.717, 1.165) is 13.8 Å². The number of nitrogens with one attached hydrogen (secondary N) is 1. The number of hydrogen-bond acceptors (Lipinski definition) is 6. The molecule has 3 amide bonds. The summed E-state index contributed by atoms with van der Waals surface area (Å²) in [5.74, 6) is -2.18. The van der Waals surface area contributed by atoms with E-state index in [2.05, 4.69) is 0 Å². The molecule has 1 saturated heterocycles. The normalized spacial score (nSPS) is 26.6. The summed E-state index contributed by atoms with van der Waals surface area (Å²) in [6.45, 7) is 3.49. The first-order valence-corrected chi connectivity index (χ1v) is 4.04. The molecular weight excluding hydrogens is 190 g/mol. The van der Waals surface area contributed by atoms with Gasteiger partial charge in [-0.05, 0) is 11.5 Å². The molecule has 1 fully saturated rings. The van der Waals surface area contributed by atoms with Crippen molar-refractivity contribution in [3.05, 3.63) is 5.21 Å². The molecule has 0 aromatic heterocycles. The second-order valence-electron chi connectivity index (χ2n) is 3.15. The van der Waals surface area contributed by atoms with Gasteiger partial charge in [0.15, 0.2) is 0 Å². The fraction of sp³-hybridized carbons (Fsp3) is 0.571. The lowest BCUT2D eigenvalue weighted by atomic mass is 10.3. The minimum atomic E-state index is -1.23. The molecule has 1 aliphatic heterocycles. The molecule has 1 aliphatic rings. The second kappa shape index (κ2) is 3.21. The smallest absolute Gasteiger partial charge is 0.366 e. The van der Waals surface area contributed by atoms with Gasteiger partial charge >= 0.3 is 17.7 Å². The van der Waals surface area contributed by atoms with Crippen molar-refractivity contribution in [2.75, 3.05) is 0 Å². The van der Waals surface area contributed by atoms with Crippen LogP contribution in [-0.2, 0) is 14.4 Å². The maximum atomic E-state index is 11.5. The fourth-order valence-electron chi connectivity index (χ4n) is 1.34. The van der Waals surface area contributed by atoms with E-state index < -0.39 is 28.4 Å². The molecule has 7 nitrogen and oxygen atoms in total. The molecule has 0 aliphatic carbocycles. The van der Waals surface area contributed by atoms with Gasteiger partial charge in [0.25, 0.3) is 0 Å². The first-order chi connectivity index (χ1) is 6.34. The number of hydroxylamine groups is 1. The summed E-state index contributed by atoms with van der Waals surface area (Å²) < 4.78 is -1.23. The zero-order valence-corrected chi connectivity index (χ0v) is 8.10. The lowest BCUT2D eigenvalue weighted by molar-refractivity contribution is -0.752. The van der Waals surface area contributed by atoms with E-state index in [9.17, 15) is 19.6 Å². The van der Waals surface area contributed by atoms with Crippen LogP contribution in [0.3, 0.4) is 0 Å². The van der Waals surface area contributed by atoms with Crippen LogP contribution < -0.4 is 5.53 Å². The summed E-state index contributed by atoms with van der Waals surface area (Å²) in [5, 5.41) is 11.3. The Hall–Kier alpha value is -1.15. The predicted octanol–water partition coefficient (Wildman–Crippen LogP) is -0.956. The van der Waals surface area contributed by atoms with Gasteiger partial charge in [-0.3, -0.25) is 5.17 Å². The molecule has 0 bridgehead atoms. The van der Waals surface area contributed by atoms with Gasteiger partial charge in [0.2, 0.25) is 0 Å². The lowest BCUT2D eigenvalue weighted by Crippen LogP contribution is -2.63. The topological polar surface area (TPSA) is 89.5 Å². The van der Waals surface area contributed by atoms with Gasteiger partial charge in [-0.2, -0.15) is 0 Å². The van der Waals surface area contributed by atoms with Gasteiger partial charge in [0.05, 0.1) is 13.8 Å². The monoisotopic (exact) mass is 201 g/mol. The molecule has 1 N–H and O–H groups in total. The zero-order valence-electron chi connectivity index (χ0n) is 8.10. The molecule has 1 unspecified atom stereocenters. The van der Waals surface area contributed by atoms with Crippen molar-refractivity contribution in [3.8, 4) is 0 Å². The third kappa shape index (κ3) is 1.18. The number of amides is 3. The highest BCUT2D eigenvalue weighted by Gasteiger charge is 2.56. The number of nitrogens with zero attached hydrogens (tertiary/aromatic N) is 2. The van der Waals surface area contributed by atoms with Crippen LogP contribution in [0.5, 0.6) is 0 Å². The Morgan fingerprint density at radius 2 is 1.86 bits per heavy atom. The SMILES string of the molecule is CC(=O)[N+]1(C(C)=O)NN([O-])C(C)C1=O. The van der Waals surface area contributed by atoms with Crippen molar-refractivity contribution in [2.45, 2.75) is 26.8 Å². The highest BCUT2D eigenvalue weighted by molar-refractivity contribution is 5.98. The summed E-state index contributed by atoms with van der Waals surface area (Å²) in [6, 6.07) is -1.04. The number of rotatable bonds is 0. The molecule has 1 atom stereocenters. The van der Waals surface area contributed by atoms with E-state index in [1.807, 2.05) is 5.53 Å². The Balaban J connectivity index is 3.21. The Morgan fingerprint density at radius 1 is 1.43 bits per heavy atom. The van der Waals surface area contributed by atoms with Crippen molar-refractivity contribution in [2.24, 2.45) is 0 Å². The minimum Gasteiger partial charge on any atom is -0.767 e. The van der Waals surface area contributed by atoms with E-state index in [4.69, 9.17) is 0 Å². The number of carbonyl (C=O) groups is 3. The molecule has 78 valence electrons. The second-order valence-corrected chi connectivity index (χ2v) is 3.15. The van der Waals surface area contributed by atoms with E-state index in [1.165, 1.54) is 6.92 Å². The largest absolute Gasteiger partial charge is 0.767 e. The molecule has 7 heteroatoms. The number of carbonyl (C=O) groups excluding carboxylic acids is 3. The van der Waals surface area contributed by atoms with Crippen LogP contribution in [0.25, 0.3) is 0 Å². The minimum absolute atomic E-state index is 0.213. The first-order valence-electron chi connectivity index (χ1n) is 4.04. The highest BCUT2D eigenvalue weighted by Crippen LogP contribution is 2.18. The summed E-state index contributed by atoms with van der Waals surface area (Å²) >= 11 is 0. The third-order valence-electron chi connectivity index (χ3n) is 2.23. The van der Waals surface area contributed by atoms with E-state index in [-0.39, 0.29) is 5.17 Å². The number of hydrogen-bond donors (Lipinski definition) is 1. The Bertz CT molecular complexity index is 300. The number of imide groups is 3. The fourth-order valence-corrected chi connectivity index (χ4v) is 1.34. The van der Waals surface area contributed by atoms with Crippen molar-refractivity contribution >= 4 is 17.7 Å². The zero-order chi connectivity index (χ0) is 11.1. The molecular formula is C7H11N3O4. The van der Waals surface area contributed by atoms with Gasteiger partial charge < -0.3 is 5.21 Å². The Morgan fingerprint density at radius 3 is 2.00 bits per heavy atom. The average Bonchev–Trinajstić information content (AvgIpc) is 2.30. The molecule has 1 rings (SSSR count). The number of quaternary nitrogens is 1. The van der Waals surface area contributed by atoms with Crippen molar-refractivity contribution in [1.29, 1.82) is 0 Å². The molecule has 0 spiro atoms. The van der Waals surface area contributed by atoms with Crippen LogP contribution >= 0.6 is 0 Å². The molecule has 0 aromatic rings. The van der Waals surface area contributed by atoms with E-state index >= 15 is 0 Å². The maximum absolute atomic E-state index is 11.5. The van der Waals surface area contributed by atoms with Gasteiger partial charge in [0.1, 0.15) is 6.04 Å². The lowest BCUT2D eigenvalue weighted by Gasteiger charge is -2.25. The van der Waals surface area contributed by atoms with Crippen molar-refractivity contribution < 1.29 is 19.0 Å². The maximum Gasteiger partial charge on any atom is 0.366 e. The summed E-state index contributed by atoms with van der Waals surface area (Å²) in [5.41, 5.74) is 2.03. The van der Waals surface area contributed by atoms with Gasteiger partial charge in [-0.25, -0.2) is 14.4 Å². The molecule has 0 aromatic carbocycles. The quantitative estimate of drug-likeness (QED) is 0.508. The predicted molar refractivity (Wildman–Crippen MR) is 44.4 cm³/mol. The van der Waals surface area contributed by atoms with Crippen molar-refractivity contribution in [3.63, 3.8) is 0 Å². The van der Waals surface area contributed by atoms with Gasteiger partial charge in [0, 0.05) is 0 Å². The van der Waals surface area contributed by atoms with Crippen LogP contribution in [0.4, 0.5) is 0 Å². The Kier molecular flexibility index (Phi) is 2.50. The van der Waals surface area contributed by atoms with E-state index in [0.29, 0.717) is 0 Å². The standard InChI is InChI=1S/C7H11N3O4/c1-4-7(13)10(5(2)11,6(3)12)8-9(4)14/h4,8H,1-3H3. The number of hydrazine groups is 1. The van der Waals surface area contributed by atoms with Crippen LogP contribution in [0.1, 0.15) is 20.8 Å². The summed E-state index contributed by atoms with van der Waals surface area (Å²) in [7, 11) is 0. The van der Waals surface area contributed by atoms with Crippen molar-refractivity contribution in [1.82, 2.24) is 10.7 Å². The van der Waals surface area contributed by atoms with Gasteiger partial charge in [-0.1, -0.05) is 5.53 Å². The third-order valence-corrected chi connectivity index (χ3v) is 2.23. The highest BCUT2D eigenvalue weighted by atomic mass is 16.6. The van der Waals surface area contributed by atoms with Crippen LogP contribution in [0, 0.1) is 5.21 Å². The van der Waals surface area contributed by atoms with Gasteiger partial charge in [-0.15, -0.1) is 0 Å². The summed E-state index contributed by atoms with van der Waals surface area (Å²) in [4.78, 5) is 34.0. The Labute approximate surface area is 80.4 Å². The first kappa shape index (κ1) is 10.9. The molecule has 0 radical (unpaired) electrons. The van der Waals surface area contributed by atoms with Crippen LogP contribution in [0.15, 0.2) is 0 Å². The molecule has 1 heterocycles. The van der Waals surface area contributed by atoms with E-state index in [1.54, 1.807) is 0 Å². The van der Waals surface area contributed by atoms with Crippen LogP contribution in [0.2, 0.25) is 0 Å². The summed E-state index contributed by atoms with van der Waals surface area (Å²) in [6.07, 6.45) is 0. The van der Waals surface area contributed by atoms with Crippen LogP contribution in [-0.4, -0.2) is 33.5 Å². The average molecular weight is 201 g/mol.